The topological polar surface area (TPSA) is 12.4 Å². The molecule has 0 aromatic rings. The van der Waals surface area contributed by atoms with E-state index in [0.717, 1.165) is 12.1 Å². The first-order valence-electron chi connectivity index (χ1n) is 3.87. The van der Waals surface area contributed by atoms with Gasteiger partial charge >= 0.3 is 0 Å². The zero-order chi connectivity index (χ0) is 7.98. The van der Waals surface area contributed by atoms with E-state index in [0.29, 0.717) is 6.04 Å². The molecule has 0 spiro atoms. The monoisotopic (exact) mass is 139 g/mol. The quantitative estimate of drug-likeness (QED) is 0.533. The highest BCUT2D eigenvalue weighted by molar-refractivity contribution is 5.92. The molecule has 0 aliphatic carbocycles. The highest BCUT2D eigenvalue weighted by Crippen LogP contribution is 1.90. The highest BCUT2D eigenvalue weighted by atomic mass is 14.8. The average molecular weight is 139 g/mol. The highest BCUT2D eigenvalue weighted by Gasteiger charge is 1.86. The minimum atomic E-state index is 0.418. The molecule has 10 heavy (non-hydrogen) atoms. The van der Waals surface area contributed by atoms with Gasteiger partial charge in [0.25, 0.3) is 0 Å². The van der Waals surface area contributed by atoms with E-state index >= 15 is 0 Å². The van der Waals surface area contributed by atoms with Gasteiger partial charge in [0.2, 0.25) is 0 Å². The van der Waals surface area contributed by atoms with Crippen molar-refractivity contribution in [3.05, 3.63) is 12.2 Å². The molecule has 0 aromatic heterocycles. The van der Waals surface area contributed by atoms with Crippen molar-refractivity contribution in [1.29, 1.82) is 0 Å². The molecule has 0 saturated heterocycles. The van der Waals surface area contributed by atoms with Crippen LogP contribution in [0.1, 0.15) is 34.1 Å². The van der Waals surface area contributed by atoms with Gasteiger partial charge in [0.1, 0.15) is 0 Å². The van der Waals surface area contributed by atoms with Gasteiger partial charge in [0.15, 0.2) is 0 Å². The van der Waals surface area contributed by atoms with E-state index < -0.39 is 0 Å². The van der Waals surface area contributed by atoms with Crippen LogP contribution >= 0.6 is 0 Å². The molecule has 0 amide bonds. The minimum absolute atomic E-state index is 0.418. The van der Waals surface area contributed by atoms with Gasteiger partial charge in [0, 0.05) is 11.8 Å². The molecule has 0 aliphatic rings. The third-order valence-electron chi connectivity index (χ3n) is 1.06. The molecule has 0 unspecified atom stereocenters. The minimum Gasteiger partial charge on any atom is -0.287 e. The number of nitrogens with zero attached hydrogens (tertiary/aromatic N) is 1. The average Bonchev–Trinajstić information content (AvgIpc) is 1.82. The van der Waals surface area contributed by atoms with Crippen LogP contribution in [-0.2, 0) is 0 Å². The van der Waals surface area contributed by atoms with E-state index in [1.54, 1.807) is 0 Å². The molecule has 0 rings (SSSR count). The van der Waals surface area contributed by atoms with Gasteiger partial charge in [-0.15, -0.1) is 0 Å². The Morgan fingerprint density at radius 3 is 2.50 bits per heavy atom. The van der Waals surface area contributed by atoms with Crippen molar-refractivity contribution in [2.75, 3.05) is 0 Å². The molecule has 1 nitrogen and oxygen atoms in total. The van der Waals surface area contributed by atoms with E-state index in [4.69, 9.17) is 0 Å². The van der Waals surface area contributed by atoms with E-state index in [9.17, 15) is 0 Å². The van der Waals surface area contributed by atoms with Gasteiger partial charge in [-0.2, -0.15) is 0 Å². The van der Waals surface area contributed by atoms with Crippen LogP contribution in [0.2, 0.25) is 0 Å². The van der Waals surface area contributed by atoms with Crippen LogP contribution in [0.5, 0.6) is 0 Å². The third-order valence-corrected chi connectivity index (χ3v) is 1.06. The van der Waals surface area contributed by atoms with Crippen LogP contribution in [0.15, 0.2) is 17.1 Å². The molecule has 0 aromatic carbocycles. The largest absolute Gasteiger partial charge is 0.287 e. The van der Waals surface area contributed by atoms with Crippen molar-refractivity contribution >= 4 is 5.71 Å². The molecule has 58 valence electrons. The molecule has 0 fully saturated rings. The van der Waals surface area contributed by atoms with E-state index in [1.807, 2.05) is 6.92 Å². The first-order chi connectivity index (χ1) is 4.66. The Hall–Kier alpha value is -0.590. The summed E-state index contributed by atoms with van der Waals surface area (Å²) in [6.45, 7) is 8.33. The SMILES string of the molecule is CC/C=C\C(C)=N/C(C)C. The lowest BCUT2D eigenvalue weighted by Gasteiger charge is -1.96. The summed E-state index contributed by atoms with van der Waals surface area (Å²) < 4.78 is 0. The summed E-state index contributed by atoms with van der Waals surface area (Å²) in [5, 5.41) is 0. The van der Waals surface area contributed by atoms with Gasteiger partial charge in [-0.3, -0.25) is 4.99 Å². The lowest BCUT2D eigenvalue weighted by atomic mass is 10.3. The molecule has 1 heteroatoms. The van der Waals surface area contributed by atoms with Crippen LogP contribution in [0.4, 0.5) is 0 Å². The van der Waals surface area contributed by atoms with Gasteiger partial charge in [-0.05, 0) is 33.3 Å². The van der Waals surface area contributed by atoms with Crippen LogP contribution in [0.25, 0.3) is 0 Å². The lowest BCUT2D eigenvalue weighted by Crippen LogP contribution is -1.94. The second-order valence-corrected chi connectivity index (χ2v) is 2.67. The Labute approximate surface area is 63.9 Å². The second kappa shape index (κ2) is 5.21. The van der Waals surface area contributed by atoms with Crippen LogP contribution in [0.3, 0.4) is 0 Å². The fourth-order valence-electron chi connectivity index (χ4n) is 0.739. The van der Waals surface area contributed by atoms with Crippen LogP contribution in [-0.4, -0.2) is 11.8 Å². The Morgan fingerprint density at radius 2 is 2.10 bits per heavy atom. The van der Waals surface area contributed by atoms with Crippen molar-refractivity contribution in [3.63, 3.8) is 0 Å². The zero-order valence-electron chi connectivity index (χ0n) is 7.39. The summed E-state index contributed by atoms with van der Waals surface area (Å²) in [7, 11) is 0. The van der Waals surface area contributed by atoms with E-state index in [-0.39, 0.29) is 0 Å². The molecule has 0 radical (unpaired) electrons. The van der Waals surface area contributed by atoms with Crippen molar-refractivity contribution in [3.8, 4) is 0 Å². The smallest absolute Gasteiger partial charge is 0.0446 e. The maximum absolute atomic E-state index is 4.34. The summed E-state index contributed by atoms with van der Waals surface area (Å²) in [6.07, 6.45) is 5.28. The number of rotatable bonds is 3. The fraction of sp³-hybridized carbons (Fsp3) is 0.667. The number of hydrogen-bond donors (Lipinski definition) is 0. The van der Waals surface area contributed by atoms with Crippen molar-refractivity contribution in [1.82, 2.24) is 0 Å². The predicted octanol–water partition coefficient (Wildman–Crippen LogP) is 2.82. The third kappa shape index (κ3) is 5.54. The summed E-state index contributed by atoms with van der Waals surface area (Å²) in [5.41, 5.74) is 1.12. The molecular weight excluding hydrogens is 122 g/mol. The Morgan fingerprint density at radius 1 is 1.50 bits per heavy atom. The molecular formula is C9H17N. The van der Waals surface area contributed by atoms with Crippen molar-refractivity contribution in [2.24, 2.45) is 4.99 Å². The summed E-state index contributed by atoms with van der Waals surface area (Å²) in [4.78, 5) is 4.34. The predicted molar refractivity (Wildman–Crippen MR) is 47.7 cm³/mol. The number of hydrogen-bond acceptors (Lipinski definition) is 1. The summed E-state index contributed by atoms with van der Waals surface area (Å²) in [5.74, 6) is 0. The van der Waals surface area contributed by atoms with Gasteiger partial charge < -0.3 is 0 Å². The maximum Gasteiger partial charge on any atom is 0.0446 e. The Balaban J connectivity index is 3.82. The van der Waals surface area contributed by atoms with Gasteiger partial charge in [-0.1, -0.05) is 13.0 Å². The molecule has 0 atom stereocenters. The second-order valence-electron chi connectivity index (χ2n) is 2.67. The number of allylic oxidation sites excluding steroid dienone is 2. The zero-order valence-corrected chi connectivity index (χ0v) is 7.39. The van der Waals surface area contributed by atoms with E-state index in [2.05, 4.69) is 37.9 Å². The first kappa shape index (κ1) is 9.41. The van der Waals surface area contributed by atoms with Crippen LogP contribution < -0.4 is 0 Å². The number of aliphatic imine (C=N–C) groups is 1. The van der Waals surface area contributed by atoms with Crippen molar-refractivity contribution < 1.29 is 0 Å². The van der Waals surface area contributed by atoms with Crippen LogP contribution in [0, 0.1) is 0 Å². The summed E-state index contributed by atoms with van der Waals surface area (Å²) >= 11 is 0. The molecule has 0 heterocycles. The molecule has 0 aliphatic heterocycles. The Bertz CT molecular complexity index is 132. The first-order valence-corrected chi connectivity index (χ1v) is 3.87. The molecule has 0 bridgehead atoms. The van der Waals surface area contributed by atoms with E-state index in [1.165, 1.54) is 0 Å². The maximum atomic E-state index is 4.34. The standard InChI is InChI=1S/C9H17N/c1-5-6-7-9(4)10-8(2)3/h6-8H,5H2,1-4H3/b7-6-,10-9-. The molecule has 0 N–H and O–H groups in total. The molecule has 0 saturated carbocycles. The lowest BCUT2D eigenvalue weighted by molar-refractivity contribution is 0.836. The van der Waals surface area contributed by atoms with Crippen molar-refractivity contribution in [2.45, 2.75) is 40.2 Å². The fourth-order valence-corrected chi connectivity index (χ4v) is 0.739. The van der Waals surface area contributed by atoms with Gasteiger partial charge in [-0.25, -0.2) is 0 Å². The normalized spacial score (nSPS) is 13.5. The summed E-state index contributed by atoms with van der Waals surface area (Å²) in [6, 6.07) is 0.418. The Kier molecular flexibility index (Phi) is 4.91. The van der Waals surface area contributed by atoms with Gasteiger partial charge in [0.05, 0.1) is 0 Å².